The van der Waals surface area contributed by atoms with Crippen LogP contribution in [0.25, 0.3) is 0 Å². The zero-order chi connectivity index (χ0) is 13.8. The van der Waals surface area contributed by atoms with Crippen molar-refractivity contribution in [3.8, 4) is 0 Å². The molecule has 2 aliphatic heterocycles. The van der Waals surface area contributed by atoms with E-state index in [0.717, 1.165) is 57.1 Å². The summed E-state index contributed by atoms with van der Waals surface area (Å²) in [6.45, 7) is 5.79. The number of nitrogens with zero attached hydrogens (tertiary/aromatic N) is 2. The number of hydrogen-bond donors (Lipinski definition) is 0. The molecular formula is C16H24N2O2. The van der Waals surface area contributed by atoms with Crippen LogP contribution in [0.2, 0.25) is 0 Å². The number of hydrogen-bond acceptors (Lipinski definition) is 4. The van der Waals surface area contributed by atoms with Gasteiger partial charge in [0.1, 0.15) is 5.82 Å². The minimum atomic E-state index is 0.339. The summed E-state index contributed by atoms with van der Waals surface area (Å²) in [4.78, 5) is 6.96. The summed E-state index contributed by atoms with van der Waals surface area (Å²) < 4.78 is 11.6. The molecule has 2 saturated heterocycles. The quantitative estimate of drug-likeness (QED) is 0.846. The van der Waals surface area contributed by atoms with E-state index in [-0.39, 0.29) is 0 Å². The normalized spacial score (nSPS) is 24.2. The first-order valence-corrected chi connectivity index (χ1v) is 7.73. The molecule has 4 heteroatoms. The van der Waals surface area contributed by atoms with Crippen LogP contribution < -0.4 is 4.90 Å². The van der Waals surface area contributed by atoms with Crippen LogP contribution in [0, 0.1) is 6.92 Å². The van der Waals surface area contributed by atoms with Gasteiger partial charge in [0.05, 0.1) is 18.8 Å². The fourth-order valence-corrected chi connectivity index (χ4v) is 2.98. The van der Waals surface area contributed by atoms with E-state index >= 15 is 0 Å². The largest absolute Gasteiger partial charge is 0.376 e. The highest BCUT2D eigenvalue weighted by molar-refractivity contribution is 5.39. The predicted octanol–water partition coefficient (Wildman–Crippen LogP) is 2.55. The van der Waals surface area contributed by atoms with Gasteiger partial charge in [0, 0.05) is 25.4 Å². The second-order valence-corrected chi connectivity index (χ2v) is 5.79. The van der Waals surface area contributed by atoms with Crippen molar-refractivity contribution in [1.29, 1.82) is 0 Å². The van der Waals surface area contributed by atoms with Crippen LogP contribution in [0.3, 0.4) is 0 Å². The Bertz CT molecular complexity index is 424. The first-order chi connectivity index (χ1) is 9.81. The molecule has 0 aromatic carbocycles. The van der Waals surface area contributed by atoms with E-state index in [1.807, 2.05) is 13.0 Å². The molecule has 1 aromatic heterocycles. The third kappa shape index (κ3) is 3.49. The van der Waals surface area contributed by atoms with Gasteiger partial charge in [-0.2, -0.15) is 0 Å². The Balaban J connectivity index is 1.44. The molecular weight excluding hydrogens is 252 g/mol. The van der Waals surface area contributed by atoms with Gasteiger partial charge in [0.2, 0.25) is 0 Å². The average molecular weight is 276 g/mol. The van der Waals surface area contributed by atoms with Gasteiger partial charge >= 0.3 is 0 Å². The van der Waals surface area contributed by atoms with E-state index in [9.17, 15) is 0 Å². The molecule has 2 aliphatic rings. The fourth-order valence-electron chi connectivity index (χ4n) is 2.98. The number of aromatic nitrogens is 1. The smallest absolute Gasteiger partial charge is 0.128 e. The zero-order valence-corrected chi connectivity index (χ0v) is 12.3. The van der Waals surface area contributed by atoms with Crippen molar-refractivity contribution in [3.05, 3.63) is 23.9 Å². The maximum absolute atomic E-state index is 6.00. The van der Waals surface area contributed by atoms with Gasteiger partial charge < -0.3 is 14.4 Å². The summed E-state index contributed by atoms with van der Waals surface area (Å²) in [6, 6.07) is 6.22. The summed E-state index contributed by atoms with van der Waals surface area (Å²) in [5.74, 6) is 1.10. The van der Waals surface area contributed by atoms with Gasteiger partial charge in [-0.25, -0.2) is 4.98 Å². The van der Waals surface area contributed by atoms with Gasteiger partial charge in [-0.1, -0.05) is 6.07 Å². The molecule has 20 heavy (non-hydrogen) atoms. The lowest BCUT2D eigenvalue weighted by Gasteiger charge is -2.33. The Morgan fingerprint density at radius 3 is 2.85 bits per heavy atom. The van der Waals surface area contributed by atoms with Crippen LogP contribution in [0.4, 0.5) is 5.82 Å². The molecule has 0 N–H and O–H groups in total. The summed E-state index contributed by atoms with van der Waals surface area (Å²) in [5, 5.41) is 0. The van der Waals surface area contributed by atoms with Crippen molar-refractivity contribution in [2.45, 2.75) is 44.8 Å². The van der Waals surface area contributed by atoms with Crippen LogP contribution in [-0.4, -0.2) is 43.5 Å². The number of ether oxygens (including phenoxy) is 2. The predicted molar refractivity (Wildman–Crippen MR) is 79.1 cm³/mol. The maximum atomic E-state index is 6.00. The van der Waals surface area contributed by atoms with E-state index in [0.29, 0.717) is 12.2 Å². The molecule has 1 atom stereocenters. The molecule has 0 aliphatic carbocycles. The molecule has 0 bridgehead atoms. The molecule has 0 spiro atoms. The minimum Gasteiger partial charge on any atom is -0.376 e. The topological polar surface area (TPSA) is 34.6 Å². The third-order valence-corrected chi connectivity index (χ3v) is 4.18. The molecule has 0 saturated carbocycles. The molecule has 3 heterocycles. The Morgan fingerprint density at radius 2 is 2.15 bits per heavy atom. The summed E-state index contributed by atoms with van der Waals surface area (Å²) in [7, 11) is 0. The second-order valence-electron chi connectivity index (χ2n) is 5.79. The average Bonchev–Trinajstić information content (AvgIpc) is 2.99. The van der Waals surface area contributed by atoms with Crippen molar-refractivity contribution < 1.29 is 9.47 Å². The molecule has 0 unspecified atom stereocenters. The van der Waals surface area contributed by atoms with Crippen molar-refractivity contribution in [2.24, 2.45) is 0 Å². The summed E-state index contributed by atoms with van der Waals surface area (Å²) in [6.07, 6.45) is 5.24. The van der Waals surface area contributed by atoms with Gasteiger partial charge in [-0.3, -0.25) is 0 Å². The van der Waals surface area contributed by atoms with Crippen LogP contribution in [-0.2, 0) is 9.47 Å². The van der Waals surface area contributed by atoms with Crippen molar-refractivity contribution >= 4 is 5.82 Å². The van der Waals surface area contributed by atoms with Gasteiger partial charge in [0.25, 0.3) is 0 Å². The molecule has 0 radical (unpaired) electrons. The van der Waals surface area contributed by atoms with Crippen LogP contribution in [0.1, 0.15) is 31.4 Å². The van der Waals surface area contributed by atoms with E-state index < -0.39 is 0 Å². The van der Waals surface area contributed by atoms with Crippen LogP contribution >= 0.6 is 0 Å². The number of anilines is 1. The fraction of sp³-hybridized carbons (Fsp3) is 0.688. The number of rotatable bonds is 4. The first kappa shape index (κ1) is 13.8. The Kier molecular flexibility index (Phi) is 4.53. The van der Waals surface area contributed by atoms with Gasteiger partial charge in [-0.05, 0) is 44.7 Å². The lowest BCUT2D eigenvalue weighted by Crippen LogP contribution is -2.38. The van der Waals surface area contributed by atoms with Crippen LogP contribution in [0.5, 0.6) is 0 Å². The van der Waals surface area contributed by atoms with Gasteiger partial charge in [0.15, 0.2) is 0 Å². The summed E-state index contributed by atoms with van der Waals surface area (Å²) in [5.41, 5.74) is 1.08. The molecule has 0 amide bonds. The Hall–Kier alpha value is -1.13. The number of pyridine rings is 1. The Morgan fingerprint density at radius 1 is 1.30 bits per heavy atom. The van der Waals surface area contributed by atoms with Crippen molar-refractivity contribution in [3.63, 3.8) is 0 Å². The van der Waals surface area contributed by atoms with Crippen molar-refractivity contribution in [1.82, 2.24) is 4.98 Å². The molecule has 4 nitrogen and oxygen atoms in total. The first-order valence-electron chi connectivity index (χ1n) is 7.73. The highest BCUT2D eigenvalue weighted by Crippen LogP contribution is 2.21. The van der Waals surface area contributed by atoms with E-state index in [2.05, 4.69) is 22.0 Å². The molecule has 3 rings (SSSR count). The Labute approximate surface area is 121 Å². The zero-order valence-electron chi connectivity index (χ0n) is 12.3. The SMILES string of the molecule is Cc1cccc(N2CCC(OC[C@@H]3CCCO3)CC2)n1. The van der Waals surface area contributed by atoms with E-state index in [4.69, 9.17) is 9.47 Å². The number of aryl methyl sites for hydroxylation is 1. The third-order valence-electron chi connectivity index (χ3n) is 4.18. The minimum absolute atomic E-state index is 0.339. The van der Waals surface area contributed by atoms with E-state index in [1.54, 1.807) is 0 Å². The molecule has 110 valence electrons. The standard InChI is InChI=1S/C16H24N2O2/c1-13-4-2-6-16(17-13)18-9-7-14(8-10-18)20-12-15-5-3-11-19-15/h2,4,6,14-15H,3,5,7-12H2,1H3/t15-/m0/s1. The number of piperidine rings is 1. The monoisotopic (exact) mass is 276 g/mol. The highest BCUT2D eigenvalue weighted by Gasteiger charge is 2.23. The van der Waals surface area contributed by atoms with E-state index in [1.165, 1.54) is 6.42 Å². The highest BCUT2D eigenvalue weighted by atomic mass is 16.5. The molecule has 1 aromatic rings. The van der Waals surface area contributed by atoms with Crippen LogP contribution in [0.15, 0.2) is 18.2 Å². The summed E-state index contributed by atoms with van der Waals surface area (Å²) >= 11 is 0. The lowest BCUT2D eigenvalue weighted by molar-refractivity contribution is -0.0280. The maximum Gasteiger partial charge on any atom is 0.128 e. The van der Waals surface area contributed by atoms with Crippen molar-refractivity contribution in [2.75, 3.05) is 31.2 Å². The second kappa shape index (κ2) is 6.55. The van der Waals surface area contributed by atoms with Gasteiger partial charge in [-0.15, -0.1) is 0 Å². The molecule has 2 fully saturated rings. The lowest BCUT2D eigenvalue weighted by atomic mass is 10.1.